The molecule has 0 radical (unpaired) electrons. The molecule has 3 nitrogen and oxygen atoms in total. The highest BCUT2D eigenvalue weighted by Crippen LogP contribution is 2.34. The highest BCUT2D eigenvalue weighted by molar-refractivity contribution is 5.85. The first kappa shape index (κ1) is 31.6. The zero-order chi connectivity index (χ0) is 27.9. The molecule has 3 aromatic carbocycles. The Bertz CT molecular complexity index is 1190. The van der Waals surface area contributed by atoms with Crippen molar-refractivity contribution < 1.29 is 8.78 Å². The van der Waals surface area contributed by atoms with Crippen molar-refractivity contribution in [1.29, 1.82) is 0 Å². The third-order valence-corrected chi connectivity index (χ3v) is 9.17. The third kappa shape index (κ3) is 8.38. The normalized spacial score (nSPS) is 18.4. The molecular weight excluding hydrogens is 536 g/mol. The van der Waals surface area contributed by atoms with Crippen molar-refractivity contribution in [3.8, 4) is 11.1 Å². The predicted molar refractivity (Wildman–Crippen MR) is 169 cm³/mol. The molecule has 0 aliphatic carbocycles. The van der Waals surface area contributed by atoms with Crippen LogP contribution < -0.4 is 0 Å². The minimum atomic E-state index is -0.153. The van der Waals surface area contributed by atoms with Gasteiger partial charge in [-0.3, -0.25) is 0 Å². The summed E-state index contributed by atoms with van der Waals surface area (Å²) in [5.74, 6) is 0.803. The van der Waals surface area contributed by atoms with E-state index in [9.17, 15) is 8.78 Å². The molecule has 2 heterocycles. The summed E-state index contributed by atoms with van der Waals surface area (Å²) in [6.07, 6.45) is 4.33. The lowest BCUT2D eigenvalue weighted by Crippen LogP contribution is -2.49. The maximum absolute atomic E-state index is 14.8. The molecule has 222 valence electrons. The molecule has 0 amide bonds. The van der Waals surface area contributed by atoms with Crippen molar-refractivity contribution in [3.63, 3.8) is 0 Å². The van der Waals surface area contributed by atoms with Crippen LogP contribution in [-0.2, 0) is 6.42 Å². The maximum atomic E-state index is 14.8. The second-order valence-corrected chi connectivity index (χ2v) is 12.0. The minimum Gasteiger partial charge on any atom is -0.301 e. The highest BCUT2D eigenvalue weighted by Gasteiger charge is 2.31. The van der Waals surface area contributed by atoms with Gasteiger partial charge >= 0.3 is 0 Å². The molecule has 0 N–H and O–H groups in total. The van der Waals surface area contributed by atoms with Gasteiger partial charge in [-0.15, -0.1) is 12.4 Å². The molecule has 5 rings (SSSR count). The van der Waals surface area contributed by atoms with E-state index < -0.39 is 0 Å². The lowest BCUT2D eigenvalue weighted by molar-refractivity contribution is 0.0968. The summed E-state index contributed by atoms with van der Waals surface area (Å²) < 4.78 is 28.5. The van der Waals surface area contributed by atoms with Gasteiger partial charge in [-0.1, -0.05) is 54.6 Å². The molecule has 41 heavy (non-hydrogen) atoms. The Balaban J connectivity index is 0.00000387. The second-order valence-electron chi connectivity index (χ2n) is 12.0. The molecular formula is C35H46ClF2N3. The zero-order valence-electron chi connectivity index (χ0n) is 24.7. The van der Waals surface area contributed by atoms with Crippen LogP contribution in [0.2, 0.25) is 0 Å². The minimum absolute atomic E-state index is 0. The van der Waals surface area contributed by atoms with Gasteiger partial charge in [0.05, 0.1) is 0 Å². The number of piperazine rings is 1. The molecule has 2 aliphatic heterocycles. The number of halogens is 3. The number of rotatable bonds is 10. The van der Waals surface area contributed by atoms with Gasteiger partial charge in [0.2, 0.25) is 0 Å². The van der Waals surface area contributed by atoms with Crippen LogP contribution >= 0.6 is 12.4 Å². The van der Waals surface area contributed by atoms with Crippen LogP contribution in [0.4, 0.5) is 8.78 Å². The summed E-state index contributed by atoms with van der Waals surface area (Å²) in [6, 6.07) is 23.3. The standard InChI is InChI=1S/C35H45F2N3.ClH/c1-27(2)40-20-17-29(18-21-40)33(28-13-15-32(36)16-14-28)26-39-24-22-38(23-25-39)19-7-11-31-10-6-12-34(37)35(31)30-8-4-3-5-9-30;/h3-6,8-10,12-16,27,29,33H,7,11,17-26H2,1-2H3;1H. The quantitative estimate of drug-likeness (QED) is 0.245. The molecule has 0 aromatic heterocycles. The molecule has 0 spiro atoms. The van der Waals surface area contributed by atoms with Gasteiger partial charge in [0.25, 0.3) is 0 Å². The Hall–Kier alpha value is -2.31. The Labute approximate surface area is 252 Å². The number of benzene rings is 3. The Kier molecular flexibility index (Phi) is 11.8. The fourth-order valence-corrected chi connectivity index (χ4v) is 6.75. The lowest BCUT2D eigenvalue weighted by atomic mass is 9.79. The Morgan fingerprint density at radius 1 is 0.756 bits per heavy atom. The van der Waals surface area contributed by atoms with Crippen LogP contribution in [0.1, 0.15) is 50.2 Å². The van der Waals surface area contributed by atoms with Crippen molar-refractivity contribution >= 4 is 12.4 Å². The molecule has 1 unspecified atom stereocenters. The van der Waals surface area contributed by atoms with E-state index in [-0.39, 0.29) is 24.0 Å². The van der Waals surface area contributed by atoms with E-state index in [0.29, 0.717) is 17.9 Å². The Morgan fingerprint density at radius 2 is 1.41 bits per heavy atom. The van der Waals surface area contributed by atoms with E-state index in [1.54, 1.807) is 18.2 Å². The summed E-state index contributed by atoms with van der Waals surface area (Å²) in [7, 11) is 0. The van der Waals surface area contributed by atoms with Crippen LogP contribution in [0.15, 0.2) is 72.8 Å². The van der Waals surface area contributed by atoms with Crippen LogP contribution in [0.25, 0.3) is 11.1 Å². The SMILES string of the molecule is CC(C)N1CCC(C(CN2CCN(CCCc3cccc(F)c3-c3ccccc3)CC2)c2ccc(F)cc2)CC1.Cl. The van der Waals surface area contributed by atoms with E-state index in [1.165, 1.54) is 18.4 Å². The predicted octanol–water partition coefficient (Wildman–Crippen LogP) is 7.51. The van der Waals surface area contributed by atoms with Gasteiger partial charge in [0.1, 0.15) is 11.6 Å². The van der Waals surface area contributed by atoms with Crippen LogP contribution in [0.5, 0.6) is 0 Å². The summed E-state index contributed by atoms with van der Waals surface area (Å²) in [4.78, 5) is 7.77. The van der Waals surface area contributed by atoms with Gasteiger partial charge in [0, 0.05) is 44.3 Å². The average molecular weight is 582 g/mol. The van der Waals surface area contributed by atoms with Crippen LogP contribution in [0.3, 0.4) is 0 Å². The smallest absolute Gasteiger partial charge is 0.131 e. The Morgan fingerprint density at radius 3 is 2.07 bits per heavy atom. The monoisotopic (exact) mass is 581 g/mol. The third-order valence-electron chi connectivity index (χ3n) is 9.17. The first-order chi connectivity index (χ1) is 19.5. The lowest BCUT2D eigenvalue weighted by Gasteiger charge is -2.41. The number of nitrogens with zero attached hydrogens (tertiary/aromatic N) is 3. The molecule has 0 bridgehead atoms. The van der Waals surface area contributed by atoms with Gasteiger partial charge < -0.3 is 14.7 Å². The van der Waals surface area contributed by atoms with Crippen molar-refractivity contribution in [1.82, 2.24) is 14.7 Å². The summed E-state index contributed by atoms with van der Waals surface area (Å²) in [6.45, 7) is 13.2. The fourth-order valence-electron chi connectivity index (χ4n) is 6.75. The number of hydrogen-bond acceptors (Lipinski definition) is 3. The second kappa shape index (κ2) is 15.2. The van der Waals surface area contributed by atoms with Gasteiger partial charge in [-0.2, -0.15) is 0 Å². The summed E-state index contributed by atoms with van der Waals surface area (Å²) >= 11 is 0. The van der Waals surface area contributed by atoms with E-state index in [2.05, 4.69) is 34.6 Å². The first-order valence-corrected chi connectivity index (χ1v) is 15.2. The van der Waals surface area contributed by atoms with E-state index in [4.69, 9.17) is 0 Å². The number of piperidine rings is 1. The molecule has 0 saturated carbocycles. The molecule has 3 aromatic rings. The fraction of sp³-hybridized carbons (Fsp3) is 0.486. The van der Waals surface area contributed by atoms with E-state index >= 15 is 0 Å². The van der Waals surface area contributed by atoms with E-state index in [0.717, 1.165) is 81.9 Å². The first-order valence-electron chi connectivity index (χ1n) is 15.2. The van der Waals surface area contributed by atoms with Gasteiger partial charge in [0.15, 0.2) is 0 Å². The average Bonchev–Trinajstić information content (AvgIpc) is 2.98. The summed E-state index contributed by atoms with van der Waals surface area (Å²) in [5, 5.41) is 0. The molecule has 1 atom stereocenters. The topological polar surface area (TPSA) is 9.72 Å². The molecule has 2 saturated heterocycles. The number of hydrogen-bond donors (Lipinski definition) is 0. The molecule has 2 aliphatic rings. The van der Waals surface area contributed by atoms with E-state index in [1.807, 2.05) is 48.5 Å². The van der Waals surface area contributed by atoms with Crippen molar-refractivity contribution in [2.75, 3.05) is 52.4 Å². The van der Waals surface area contributed by atoms with Crippen molar-refractivity contribution in [3.05, 3.63) is 95.6 Å². The van der Waals surface area contributed by atoms with Crippen molar-refractivity contribution in [2.24, 2.45) is 5.92 Å². The van der Waals surface area contributed by atoms with Gasteiger partial charge in [-0.25, -0.2) is 8.78 Å². The molecule has 6 heteroatoms. The number of likely N-dealkylation sites (tertiary alicyclic amines) is 1. The zero-order valence-corrected chi connectivity index (χ0v) is 25.5. The van der Waals surface area contributed by atoms with Crippen molar-refractivity contribution in [2.45, 2.75) is 51.5 Å². The number of aryl methyl sites for hydroxylation is 1. The highest BCUT2D eigenvalue weighted by atomic mass is 35.5. The summed E-state index contributed by atoms with van der Waals surface area (Å²) in [5.41, 5.74) is 4.08. The largest absolute Gasteiger partial charge is 0.301 e. The van der Waals surface area contributed by atoms with Crippen LogP contribution in [-0.4, -0.2) is 73.1 Å². The molecule has 2 fully saturated rings. The van der Waals surface area contributed by atoms with Crippen LogP contribution in [0, 0.1) is 17.6 Å². The van der Waals surface area contributed by atoms with Gasteiger partial charge in [-0.05, 0) is 106 Å². The maximum Gasteiger partial charge on any atom is 0.131 e.